The first kappa shape index (κ1) is 28.9. The van der Waals surface area contributed by atoms with E-state index in [9.17, 15) is 0 Å². The summed E-state index contributed by atoms with van der Waals surface area (Å²) in [5.74, 6) is 0. The summed E-state index contributed by atoms with van der Waals surface area (Å²) in [4.78, 5) is 0. The van der Waals surface area contributed by atoms with Crippen molar-refractivity contribution in [3.05, 3.63) is 81.1 Å². The second-order valence-electron chi connectivity index (χ2n) is 3.62. The van der Waals surface area contributed by atoms with Gasteiger partial charge in [0.1, 0.15) is 0 Å². The van der Waals surface area contributed by atoms with Gasteiger partial charge in [0.2, 0.25) is 0 Å². The quantitative estimate of drug-likeness (QED) is 0.416. The van der Waals surface area contributed by atoms with Gasteiger partial charge >= 0.3 is 26.8 Å². The Balaban J connectivity index is -0.000000109. The zero-order valence-corrected chi connectivity index (χ0v) is 16.9. The maximum atomic E-state index is 3.12. The molecule has 1 aliphatic rings. The molecule has 2 aromatic carbocycles. The molecule has 2 aromatic rings. The maximum Gasteiger partial charge on any atom is -0.0809 e. The van der Waals surface area contributed by atoms with E-state index < -0.39 is 0 Å². The molecule has 0 saturated heterocycles. The first-order valence-electron chi connectivity index (χ1n) is 5.46. The van der Waals surface area contributed by atoms with Gasteiger partial charge in [-0.3, -0.25) is 6.08 Å². The average Bonchev–Trinajstić information content (AvgIpc) is 3.02. The van der Waals surface area contributed by atoms with Gasteiger partial charge < -0.3 is 14.9 Å². The van der Waals surface area contributed by atoms with Crippen molar-refractivity contribution in [1.82, 2.24) is 0 Å². The van der Waals surface area contributed by atoms with Crippen molar-refractivity contribution >= 4 is 43.2 Å². The minimum atomic E-state index is 0. The molecule has 116 valence electrons. The van der Waals surface area contributed by atoms with E-state index in [1.807, 2.05) is 0 Å². The second kappa shape index (κ2) is 17.9. The molecule has 0 amide bonds. The fourth-order valence-corrected chi connectivity index (χ4v) is 1.58. The fourth-order valence-electron chi connectivity index (χ4n) is 1.58. The molecule has 0 fully saturated rings. The molecule has 0 aromatic heterocycles. The summed E-state index contributed by atoms with van der Waals surface area (Å²) in [6.07, 6.45) is 8.33. The molecule has 3 rings (SSSR count). The van der Waals surface area contributed by atoms with Crippen LogP contribution in [0.15, 0.2) is 60.2 Å². The van der Waals surface area contributed by atoms with Gasteiger partial charge in [-0.2, -0.15) is 23.6 Å². The van der Waals surface area contributed by atoms with E-state index in [-0.39, 0.29) is 39.7 Å². The normalized spacial score (nSPS) is 9.81. The zero-order valence-electron chi connectivity index (χ0n) is 12.7. The molecule has 4 heteroatoms. The van der Waals surface area contributed by atoms with Crippen LogP contribution in [0.1, 0.15) is 13.3 Å². The van der Waals surface area contributed by atoms with Gasteiger partial charge in [-0.05, 0) is 0 Å². The molecule has 1 aliphatic carbocycles. The van der Waals surface area contributed by atoms with E-state index in [1.54, 1.807) is 19.2 Å². The maximum absolute atomic E-state index is 3.12. The van der Waals surface area contributed by atoms with E-state index >= 15 is 0 Å². The van der Waals surface area contributed by atoms with Crippen LogP contribution in [0.4, 0.5) is 0 Å². The van der Waals surface area contributed by atoms with E-state index in [0.29, 0.717) is 0 Å². The largest absolute Gasteiger partial charge is 0.168 e. The van der Waals surface area contributed by atoms with Gasteiger partial charge in [-0.15, -0.1) is 60.9 Å². The minimum absolute atomic E-state index is 0. The predicted octanol–water partition coefficient (Wildman–Crippen LogP) is 5.62. The van der Waals surface area contributed by atoms with Crippen LogP contribution in [0.5, 0.6) is 0 Å². The summed E-state index contributed by atoms with van der Waals surface area (Å²) < 4.78 is 0. The van der Waals surface area contributed by atoms with Crippen molar-refractivity contribution in [2.75, 3.05) is 0 Å². The molecule has 0 nitrogen and oxygen atoms in total. The fraction of sp³-hybridized carbons (Fsp3) is 0.118. The Morgan fingerprint density at radius 2 is 1.71 bits per heavy atom. The van der Waals surface area contributed by atoms with Crippen LogP contribution in [0.2, 0.25) is 0 Å². The molecule has 2 radical (unpaired) electrons. The average molecular weight is 373 g/mol. The van der Waals surface area contributed by atoms with Crippen LogP contribution in [0.25, 0.3) is 10.8 Å². The van der Waals surface area contributed by atoms with Gasteiger partial charge in [0.05, 0.1) is 0 Å². The number of allylic oxidation sites excluding steroid dienone is 4. The third-order valence-corrected chi connectivity index (χ3v) is 2.41. The Kier molecular flexibility index (Phi) is 24.6. The third kappa shape index (κ3) is 11.1. The third-order valence-electron chi connectivity index (χ3n) is 2.41. The molecule has 0 unspecified atom stereocenters. The number of hydrogen-bond donors (Lipinski definition) is 0. The molecule has 0 saturated carbocycles. The standard InChI is InChI=1S/C9H7.C6H7.2CH3.2ClH.Si.Ti/c1-2-5-9-7-3-6-8(9)4-1;1-6-4-2-3-5-6;;;;;;/h1-7H;2,4H,3H2,1H3;2*1H3;2*1H;;/q4*-1;;;;. The molecule has 0 bridgehead atoms. The smallest absolute Gasteiger partial charge is 0.0809 e. The first-order valence-corrected chi connectivity index (χ1v) is 8.30. The van der Waals surface area contributed by atoms with Crippen LogP contribution < -0.4 is 0 Å². The molecule has 0 aliphatic heterocycles. The number of benzene rings is 1. The molecule has 0 heterocycles. The van der Waals surface area contributed by atoms with Gasteiger partial charge in [-0.1, -0.05) is 13.0 Å². The predicted molar refractivity (Wildman–Crippen MR) is 98.8 cm³/mol. The second-order valence-corrected chi connectivity index (χ2v) is 3.62. The SMILES string of the molecule is CC1=[C-]CC=C1.Cl.Cl.[CH3-].[CH3-].[Si]=[Ti].c1ccc2[cH-]ccc2c1. The molecular weight excluding hydrogens is 351 g/mol. The van der Waals surface area contributed by atoms with Gasteiger partial charge in [-0.25, -0.2) is 11.6 Å². The van der Waals surface area contributed by atoms with Gasteiger partial charge in [0, 0.05) is 0 Å². The number of halogens is 2. The van der Waals surface area contributed by atoms with Gasteiger partial charge in [0.25, 0.3) is 0 Å². The summed E-state index contributed by atoms with van der Waals surface area (Å²) in [6, 6.07) is 14.7. The van der Waals surface area contributed by atoms with Crippen molar-refractivity contribution in [2.24, 2.45) is 0 Å². The van der Waals surface area contributed by atoms with E-state index in [0.717, 1.165) is 6.42 Å². The first-order chi connectivity index (χ1) is 8.36. The van der Waals surface area contributed by atoms with Crippen molar-refractivity contribution in [3.63, 3.8) is 0 Å². The van der Waals surface area contributed by atoms with Crippen molar-refractivity contribution < 1.29 is 19.2 Å². The zero-order chi connectivity index (χ0) is 12.5. The Morgan fingerprint density at radius 3 is 2.14 bits per heavy atom. The Bertz CT molecular complexity index is 485. The van der Waals surface area contributed by atoms with Crippen LogP contribution in [0.3, 0.4) is 0 Å². The Labute approximate surface area is 156 Å². The van der Waals surface area contributed by atoms with Crippen LogP contribution >= 0.6 is 24.8 Å². The molecule has 0 spiro atoms. The van der Waals surface area contributed by atoms with Gasteiger partial charge in [0.15, 0.2) is 0 Å². The van der Waals surface area contributed by atoms with Crippen LogP contribution in [0, 0.1) is 20.9 Å². The molecule has 0 atom stereocenters. The van der Waals surface area contributed by atoms with Crippen LogP contribution in [-0.4, -0.2) is 7.63 Å². The Hall–Kier alpha value is -0.179. The summed E-state index contributed by atoms with van der Waals surface area (Å²) in [5, 5.41) is 2.66. The summed E-state index contributed by atoms with van der Waals surface area (Å²) >= 11 is 1.81. The van der Waals surface area contributed by atoms with Crippen molar-refractivity contribution in [3.8, 4) is 0 Å². The summed E-state index contributed by atoms with van der Waals surface area (Å²) in [5.41, 5.74) is 1.27. The van der Waals surface area contributed by atoms with E-state index in [4.69, 9.17) is 0 Å². The molecule has 21 heavy (non-hydrogen) atoms. The topological polar surface area (TPSA) is 0 Å². The van der Waals surface area contributed by atoms with Crippen molar-refractivity contribution in [2.45, 2.75) is 13.3 Å². The minimum Gasteiger partial charge on any atom is -0.168 e. The summed E-state index contributed by atoms with van der Waals surface area (Å²) in [6.45, 7) is 2.06. The van der Waals surface area contributed by atoms with E-state index in [2.05, 4.69) is 75.2 Å². The molecular formula is C17H22Cl2SiTi-4. The monoisotopic (exact) mass is 372 g/mol. The van der Waals surface area contributed by atoms with Crippen LogP contribution in [-0.2, 0) is 19.2 Å². The number of fused-ring (bicyclic) bond motifs is 1. The molecule has 0 N–H and O–H groups in total. The Morgan fingerprint density at radius 1 is 1.10 bits per heavy atom. The summed E-state index contributed by atoms with van der Waals surface area (Å²) in [7, 11) is 2.97. The van der Waals surface area contributed by atoms with Crippen molar-refractivity contribution in [1.29, 1.82) is 0 Å². The number of hydrogen-bond acceptors (Lipinski definition) is 0. The van der Waals surface area contributed by atoms with E-state index in [1.165, 1.54) is 16.3 Å². The number of rotatable bonds is 0.